The second-order valence-corrected chi connectivity index (χ2v) is 6.09. The van der Waals surface area contributed by atoms with E-state index in [1.165, 1.54) is 6.20 Å². The Bertz CT molecular complexity index is 1110. The van der Waals surface area contributed by atoms with Crippen LogP contribution in [0.4, 0.5) is 11.4 Å². The predicted molar refractivity (Wildman–Crippen MR) is 112 cm³/mol. The summed E-state index contributed by atoms with van der Waals surface area (Å²) in [5.74, 6) is -0.980. The molecule has 0 saturated carbocycles. The summed E-state index contributed by atoms with van der Waals surface area (Å²) in [6.07, 6.45) is 1.38. The molecule has 6 nitrogen and oxygen atoms in total. The molecule has 1 amide bonds. The number of ether oxygens (including phenoxy) is 1. The topological polar surface area (TPSA) is 91.2 Å². The van der Waals surface area contributed by atoms with E-state index in [1.54, 1.807) is 31.2 Å². The van der Waals surface area contributed by atoms with Crippen LogP contribution in [0.25, 0.3) is 10.8 Å². The zero-order chi connectivity index (χ0) is 20.6. The van der Waals surface area contributed by atoms with Crippen molar-refractivity contribution in [1.82, 2.24) is 0 Å². The summed E-state index contributed by atoms with van der Waals surface area (Å²) in [4.78, 5) is 24.1. The number of carbonyl (C=O) groups excluding carboxylic acids is 2. The van der Waals surface area contributed by atoms with Crippen molar-refractivity contribution in [2.45, 2.75) is 6.92 Å². The van der Waals surface area contributed by atoms with Crippen molar-refractivity contribution in [3.63, 3.8) is 0 Å². The molecule has 0 aliphatic rings. The van der Waals surface area contributed by atoms with Gasteiger partial charge in [0, 0.05) is 23.0 Å². The van der Waals surface area contributed by atoms with Gasteiger partial charge in [-0.15, -0.1) is 0 Å². The zero-order valence-electron chi connectivity index (χ0n) is 15.8. The lowest BCUT2D eigenvalue weighted by Crippen LogP contribution is -2.14. The van der Waals surface area contributed by atoms with Gasteiger partial charge < -0.3 is 15.4 Å². The highest BCUT2D eigenvalue weighted by atomic mass is 16.5. The number of nitrogens with zero attached hydrogens (tertiary/aromatic N) is 1. The van der Waals surface area contributed by atoms with Gasteiger partial charge in [0.05, 0.1) is 12.2 Å². The number of benzene rings is 3. The highest BCUT2D eigenvalue weighted by Crippen LogP contribution is 2.23. The Morgan fingerprint density at radius 3 is 2.48 bits per heavy atom. The molecule has 144 valence electrons. The fourth-order valence-corrected chi connectivity index (χ4v) is 2.75. The molecule has 0 saturated heterocycles. The number of amides is 1. The first-order chi connectivity index (χ1) is 14.1. The van der Waals surface area contributed by atoms with Crippen LogP contribution in [0.3, 0.4) is 0 Å². The van der Waals surface area contributed by atoms with Gasteiger partial charge in [0.1, 0.15) is 11.6 Å². The van der Waals surface area contributed by atoms with E-state index >= 15 is 0 Å². The van der Waals surface area contributed by atoms with Gasteiger partial charge >= 0.3 is 5.97 Å². The summed E-state index contributed by atoms with van der Waals surface area (Å²) in [5.41, 5.74) is 1.57. The van der Waals surface area contributed by atoms with E-state index < -0.39 is 11.9 Å². The number of rotatable bonds is 6. The molecule has 3 aromatic carbocycles. The van der Waals surface area contributed by atoms with Crippen LogP contribution in [-0.4, -0.2) is 18.5 Å². The standard InChI is InChI=1S/C23H19N3O3/c1-2-29-23(28)17-10-12-19(13-11-17)26-22(27)18(14-24)15-25-21-9-5-7-16-6-3-4-8-20(16)21/h3-13,15,25H,2H2,1H3,(H,26,27)/b18-15-. The first-order valence-electron chi connectivity index (χ1n) is 9.05. The lowest BCUT2D eigenvalue weighted by atomic mass is 10.1. The minimum atomic E-state index is -0.552. The molecular weight excluding hydrogens is 366 g/mol. The molecule has 29 heavy (non-hydrogen) atoms. The second kappa shape index (κ2) is 9.20. The second-order valence-electron chi connectivity index (χ2n) is 6.09. The van der Waals surface area contributed by atoms with Crippen LogP contribution in [0.5, 0.6) is 0 Å². The van der Waals surface area contributed by atoms with E-state index in [0.717, 1.165) is 16.5 Å². The highest BCUT2D eigenvalue weighted by Gasteiger charge is 2.11. The fourth-order valence-electron chi connectivity index (χ4n) is 2.75. The van der Waals surface area contributed by atoms with E-state index in [1.807, 2.05) is 48.5 Å². The van der Waals surface area contributed by atoms with E-state index in [2.05, 4.69) is 10.6 Å². The third-order valence-corrected chi connectivity index (χ3v) is 4.18. The maximum atomic E-state index is 12.4. The smallest absolute Gasteiger partial charge is 0.338 e. The van der Waals surface area contributed by atoms with Crippen LogP contribution in [0.15, 0.2) is 78.5 Å². The maximum absolute atomic E-state index is 12.4. The van der Waals surface area contributed by atoms with Gasteiger partial charge in [-0.05, 0) is 42.6 Å². The quantitative estimate of drug-likeness (QED) is 0.371. The number of esters is 1. The molecule has 3 rings (SSSR count). The third-order valence-electron chi connectivity index (χ3n) is 4.18. The summed E-state index contributed by atoms with van der Waals surface area (Å²) in [6.45, 7) is 2.02. The molecule has 0 spiro atoms. The predicted octanol–water partition coefficient (Wildman–Crippen LogP) is 4.47. The molecule has 0 aliphatic carbocycles. The molecule has 0 aromatic heterocycles. The lowest BCUT2D eigenvalue weighted by Gasteiger charge is -2.08. The molecule has 0 fully saturated rings. The molecule has 0 bridgehead atoms. The fraction of sp³-hybridized carbons (Fsp3) is 0.0870. The largest absolute Gasteiger partial charge is 0.462 e. The van der Waals surface area contributed by atoms with Gasteiger partial charge in [0.25, 0.3) is 5.91 Å². The van der Waals surface area contributed by atoms with Gasteiger partial charge in [-0.3, -0.25) is 4.79 Å². The van der Waals surface area contributed by atoms with Crippen molar-refractivity contribution >= 4 is 34.0 Å². The molecular formula is C23H19N3O3. The van der Waals surface area contributed by atoms with Crippen LogP contribution in [0.1, 0.15) is 17.3 Å². The van der Waals surface area contributed by atoms with Crippen molar-refractivity contribution in [2.75, 3.05) is 17.2 Å². The van der Waals surface area contributed by atoms with Crippen molar-refractivity contribution in [2.24, 2.45) is 0 Å². The van der Waals surface area contributed by atoms with Gasteiger partial charge in [-0.2, -0.15) is 5.26 Å². The Morgan fingerprint density at radius 2 is 1.76 bits per heavy atom. The first kappa shape index (κ1) is 19.6. The summed E-state index contributed by atoms with van der Waals surface area (Å²) in [7, 11) is 0. The van der Waals surface area contributed by atoms with Crippen molar-refractivity contribution in [3.8, 4) is 6.07 Å². The van der Waals surface area contributed by atoms with Gasteiger partial charge in [0.2, 0.25) is 0 Å². The monoisotopic (exact) mass is 385 g/mol. The Balaban J connectivity index is 1.72. The number of hydrogen-bond donors (Lipinski definition) is 2. The Labute approximate surface area is 168 Å². The van der Waals surface area contributed by atoms with Crippen LogP contribution in [0, 0.1) is 11.3 Å². The van der Waals surface area contributed by atoms with Crippen LogP contribution in [-0.2, 0) is 9.53 Å². The van der Waals surface area contributed by atoms with Crippen molar-refractivity contribution in [1.29, 1.82) is 5.26 Å². The molecule has 2 N–H and O–H groups in total. The van der Waals surface area contributed by atoms with Crippen LogP contribution < -0.4 is 10.6 Å². The van der Waals surface area contributed by atoms with Gasteiger partial charge in [0.15, 0.2) is 0 Å². The van der Waals surface area contributed by atoms with Crippen molar-refractivity contribution in [3.05, 3.63) is 84.1 Å². The summed E-state index contributed by atoms with van der Waals surface area (Å²) < 4.78 is 4.92. The minimum absolute atomic E-state index is 0.0765. The minimum Gasteiger partial charge on any atom is -0.462 e. The van der Waals surface area contributed by atoms with E-state index in [4.69, 9.17) is 4.74 Å². The number of nitrogens with one attached hydrogen (secondary N) is 2. The van der Waals surface area contributed by atoms with E-state index in [9.17, 15) is 14.9 Å². The number of anilines is 2. The van der Waals surface area contributed by atoms with Crippen LogP contribution >= 0.6 is 0 Å². The Hall–Kier alpha value is -4.11. The lowest BCUT2D eigenvalue weighted by molar-refractivity contribution is -0.112. The summed E-state index contributed by atoms with van der Waals surface area (Å²) >= 11 is 0. The molecule has 0 unspecified atom stereocenters. The molecule has 0 radical (unpaired) electrons. The summed E-state index contributed by atoms with van der Waals surface area (Å²) in [6, 6.07) is 21.8. The SMILES string of the molecule is CCOC(=O)c1ccc(NC(=O)/C(C#N)=C\Nc2cccc3ccccc23)cc1. The average molecular weight is 385 g/mol. The highest BCUT2D eigenvalue weighted by molar-refractivity contribution is 6.07. The maximum Gasteiger partial charge on any atom is 0.338 e. The van der Waals surface area contributed by atoms with Gasteiger partial charge in [-0.1, -0.05) is 36.4 Å². The number of nitriles is 1. The molecule has 6 heteroatoms. The molecule has 0 heterocycles. The normalized spacial score (nSPS) is 10.8. The molecule has 0 aliphatic heterocycles. The molecule has 0 atom stereocenters. The number of hydrogen-bond acceptors (Lipinski definition) is 5. The van der Waals surface area contributed by atoms with Gasteiger partial charge in [-0.25, -0.2) is 4.79 Å². The number of carbonyl (C=O) groups is 2. The van der Waals surface area contributed by atoms with Crippen molar-refractivity contribution < 1.29 is 14.3 Å². The van der Waals surface area contributed by atoms with Crippen LogP contribution in [0.2, 0.25) is 0 Å². The average Bonchev–Trinajstić information content (AvgIpc) is 2.75. The number of fused-ring (bicyclic) bond motifs is 1. The van der Waals surface area contributed by atoms with E-state index in [-0.39, 0.29) is 12.2 Å². The Kier molecular flexibility index (Phi) is 6.23. The first-order valence-corrected chi connectivity index (χ1v) is 9.05. The third kappa shape index (κ3) is 4.79. The van der Waals surface area contributed by atoms with E-state index in [0.29, 0.717) is 11.3 Å². The summed E-state index contributed by atoms with van der Waals surface area (Å²) in [5, 5.41) is 17.1. The Morgan fingerprint density at radius 1 is 1.03 bits per heavy atom. The zero-order valence-corrected chi connectivity index (χ0v) is 15.8. The molecule has 3 aromatic rings.